The second-order valence-electron chi connectivity index (χ2n) is 13.7. The van der Waals surface area contributed by atoms with Crippen molar-refractivity contribution in [1.82, 2.24) is 5.32 Å². The van der Waals surface area contributed by atoms with Crippen LogP contribution >= 0.6 is 0 Å². The Hall–Kier alpha value is -0.0800. The van der Waals surface area contributed by atoms with Gasteiger partial charge in [0.2, 0.25) is 0 Å². The molecule has 2 heteroatoms. The van der Waals surface area contributed by atoms with E-state index in [0.29, 0.717) is 0 Å². The van der Waals surface area contributed by atoms with Crippen LogP contribution in [0.5, 0.6) is 0 Å². The fraction of sp³-hybridized carbons (Fsp3) is 1.00. The summed E-state index contributed by atoms with van der Waals surface area (Å²) in [6.45, 7) is 4.98. The lowest BCUT2D eigenvalue weighted by Crippen LogP contribution is -2.64. The van der Waals surface area contributed by atoms with Crippen LogP contribution in [-0.4, -0.2) is 42.7 Å². The summed E-state index contributed by atoms with van der Waals surface area (Å²) in [5, 5.41) is 3.91. The molecular weight excluding hydrogens is 436 g/mol. The van der Waals surface area contributed by atoms with Crippen molar-refractivity contribution in [3.8, 4) is 0 Å². The molecule has 1 aliphatic heterocycles. The van der Waals surface area contributed by atoms with E-state index in [1.165, 1.54) is 185 Å². The predicted octanol–water partition coefficient (Wildman–Crippen LogP) is 9.95. The van der Waals surface area contributed by atoms with Crippen molar-refractivity contribution in [2.45, 2.75) is 192 Å². The second kappa shape index (κ2) is 18.3. The third-order valence-corrected chi connectivity index (χ3v) is 11.0. The number of hydrogen-bond acceptors (Lipinski definition) is 1. The van der Waals surface area contributed by atoms with Crippen LogP contribution in [-0.2, 0) is 0 Å². The molecule has 2 saturated carbocycles. The Morgan fingerprint density at radius 2 is 0.694 bits per heavy atom. The van der Waals surface area contributed by atoms with Gasteiger partial charge in [0, 0.05) is 13.0 Å². The van der Waals surface area contributed by atoms with E-state index in [1.54, 1.807) is 0 Å². The summed E-state index contributed by atoms with van der Waals surface area (Å²) in [7, 11) is 2.82. The lowest BCUT2D eigenvalue weighted by molar-refractivity contribution is -0.980. The zero-order valence-corrected chi connectivity index (χ0v) is 25.1. The van der Waals surface area contributed by atoms with Crippen molar-refractivity contribution < 1.29 is 4.48 Å². The minimum absolute atomic E-state index is 0.871. The number of nitrogens with zero attached hydrogens (tertiary/aromatic N) is 1. The summed E-state index contributed by atoms with van der Waals surface area (Å²) in [5.41, 5.74) is 0. The van der Waals surface area contributed by atoms with Crippen LogP contribution in [0.4, 0.5) is 0 Å². The third kappa shape index (κ3) is 10.6. The molecule has 2 nitrogen and oxygen atoms in total. The monoisotopic (exact) mass is 504 g/mol. The van der Waals surface area contributed by atoms with Gasteiger partial charge < -0.3 is 9.80 Å². The highest BCUT2D eigenvalue weighted by Gasteiger charge is 2.44. The van der Waals surface area contributed by atoms with E-state index >= 15 is 0 Å². The highest BCUT2D eigenvalue weighted by atomic mass is 15.4. The van der Waals surface area contributed by atoms with Crippen molar-refractivity contribution in [3.63, 3.8) is 0 Å². The Balaban J connectivity index is 1.85. The molecule has 0 aromatic carbocycles. The molecule has 0 bridgehead atoms. The molecule has 0 radical (unpaired) electrons. The van der Waals surface area contributed by atoms with E-state index in [2.05, 4.69) is 19.3 Å². The van der Waals surface area contributed by atoms with Crippen LogP contribution < -0.4 is 5.32 Å². The molecule has 2 aliphatic carbocycles. The van der Waals surface area contributed by atoms with Gasteiger partial charge in [0.25, 0.3) is 0 Å². The lowest BCUT2D eigenvalue weighted by Gasteiger charge is -2.53. The van der Waals surface area contributed by atoms with E-state index in [9.17, 15) is 0 Å². The fourth-order valence-electron chi connectivity index (χ4n) is 8.40. The first-order valence-electron chi connectivity index (χ1n) is 17.3. The third-order valence-electron chi connectivity index (χ3n) is 11.0. The van der Waals surface area contributed by atoms with Gasteiger partial charge in [-0.05, 0) is 83.1 Å². The molecule has 1 heterocycles. The summed E-state index contributed by atoms with van der Waals surface area (Å²) in [6.07, 6.45) is 38.6. The summed E-state index contributed by atoms with van der Waals surface area (Å²) in [4.78, 5) is 0. The van der Waals surface area contributed by atoms with Crippen molar-refractivity contribution >= 4 is 0 Å². The molecule has 0 amide bonds. The average Bonchev–Trinajstić information content (AvgIpc) is 3.02. The van der Waals surface area contributed by atoms with E-state index in [0.717, 1.165) is 24.0 Å². The summed E-state index contributed by atoms with van der Waals surface area (Å²) >= 11 is 0. The van der Waals surface area contributed by atoms with Gasteiger partial charge in [0.1, 0.15) is 0 Å². The van der Waals surface area contributed by atoms with Gasteiger partial charge >= 0.3 is 0 Å². The van der Waals surface area contributed by atoms with Crippen LogP contribution in [0.1, 0.15) is 174 Å². The first-order chi connectivity index (χ1) is 17.7. The molecule has 212 valence electrons. The Morgan fingerprint density at radius 3 is 1.14 bits per heavy atom. The number of quaternary nitrogens is 1. The van der Waals surface area contributed by atoms with E-state index in [4.69, 9.17) is 0 Å². The minimum atomic E-state index is 0.871. The second-order valence-corrected chi connectivity index (χ2v) is 13.7. The largest absolute Gasteiger partial charge is 0.319 e. The number of nitrogens with one attached hydrogen (secondary N) is 1. The number of rotatable bonds is 3. The first-order valence-corrected chi connectivity index (χ1v) is 17.3. The highest BCUT2D eigenvalue weighted by Crippen LogP contribution is 2.38. The molecule has 0 aromatic rings. The van der Waals surface area contributed by atoms with Crippen LogP contribution in [0.2, 0.25) is 0 Å². The van der Waals surface area contributed by atoms with Crippen LogP contribution in [0.3, 0.4) is 0 Å². The molecule has 3 aliphatic rings. The molecule has 0 aromatic heterocycles. The molecule has 36 heavy (non-hydrogen) atoms. The zero-order valence-electron chi connectivity index (χ0n) is 25.1. The van der Waals surface area contributed by atoms with Crippen LogP contribution in [0.15, 0.2) is 0 Å². The molecular formula is C34H67N2+. The summed E-state index contributed by atoms with van der Waals surface area (Å²) < 4.78 is 1.46. The Bertz CT molecular complexity index is 479. The van der Waals surface area contributed by atoms with Crippen LogP contribution in [0.25, 0.3) is 0 Å². The Labute approximate surface area is 227 Å². The maximum Gasteiger partial charge on any atom is 0.0904 e. The molecule has 0 spiro atoms. The first kappa shape index (κ1) is 30.5. The van der Waals surface area contributed by atoms with Crippen molar-refractivity contribution in [3.05, 3.63) is 0 Å². The molecule has 2 atom stereocenters. The van der Waals surface area contributed by atoms with E-state index < -0.39 is 0 Å². The van der Waals surface area contributed by atoms with Crippen molar-refractivity contribution in [2.75, 3.05) is 20.1 Å². The molecule has 1 N–H and O–H groups in total. The molecule has 3 rings (SSSR count). The van der Waals surface area contributed by atoms with Crippen LogP contribution in [0, 0.1) is 5.92 Å². The van der Waals surface area contributed by atoms with Gasteiger partial charge in [-0.25, -0.2) is 0 Å². The maximum atomic E-state index is 3.91. The maximum absolute atomic E-state index is 3.91. The quantitative estimate of drug-likeness (QED) is 0.378. The zero-order chi connectivity index (χ0) is 25.3. The summed E-state index contributed by atoms with van der Waals surface area (Å²) in [6, 6.07) is 2.69. The topological polar surface area (TPSA) is 12.0 Å². The van der Waals surface area contributed by atoms with Crippen molar-refractivity contribution in [1.29, 1.82) is 0 Å². The predicted molar refractivity (Wildman–Crippen MR) is 160 cm³/mol. The average molecular weight is 504 g/mol. The molecule has 2 unspecified atom stereocenters. The van der Waals surface area contributed by atoms with Crippen molar-refractivity contribution in [2.24, 2.45) is 5.92 Å². The Morgan fingerprint density at radius 1 is 0.389 bits per heavy atom. The normalized spacial score (nSPS) is 29.8. The van der Waals surface area contributed by atoms with Gasteiger partial charge in [0.05, 0.1) is 25.2 Å². The lowest BCUT2D eigenvalue weighted by atomic mass is 9.87. The fourth-order valence-corrected chi connectivity index (χ4v) is 8.40. The Kier molecular flexibility index (Phi) is 15.4. The van der Waals surface area contributed by atoms with Gasteiger partial charge in [-0.2, -0.15) is 0 Å². The van der Waals surface area contributed by atoms with Gasteiger partial charge in [-0.1, -0.05) is 96.8 Å². The van der Waals surface area contributed by atoms with Gasteiger partial charge in [-0.15, -0.1) is 0 Å². The molecule has 1 saturated heterocycles. The summed E-state index contributed by atoms with van der Waals surface area (Å²) in [5.74, 6) is 0.902. The SMILES string of the molecule is CC1CCCCC([N+](C)(C2CCCCCCCCCC2)C2CCCCCCCCCC2)CCNCC1. The van der Waals surface area contributed by atoms with Gasteiger partial charge in [-0.3, -0.25) is 0 Å². The van der Waals surface area contributed by atoms with E-state index in [-0.39, 0.29) is 0 Å². The standard InChI is InChI=1S/C34H67N2/c1-31-21-19-20-26-34(28-30-35-29-27-31)36(2,32-22-15-11-7-3-4-8-12-16-23-32)33-24-17-13-9-5-6-10-14-18-25-33/h31-35H,3-30H2,1-2H3/q+1. The minimum Gasteiger partial charge on any atom is -0.319 e. The number of hydrogen-bond donors (Lipinski definition) is 1. The van der Waals surface area contributed by atoms with E-state index in [1.807, 2.05) is 0 Å². The highest BCUT2D eigenvalue weighted by molar-refractivity contribution is 4.77. The smallest absolute Gasteiger partial charge is 0.0904 e. The van der Waals surface area contributed by atoms with Gasteiger partial charge in [0.15, 0.2) is 0 Å². The molecule has 3 fully saturated rings.